The van der Waals surface area contributed by atoms with Crippen LogP contribution in [0.15, 0.2) is 47.2 Å². The van der Waals surface area contributed by atoms with Crippen LogP contribution in [-0.2, 0) is 0 Å². The minimum Gasteiger partial charge on any atom is -0.366 e. The second kappa shape index (κ2) is 9.41. The summed E-state index contributed by atoms with van der Waals surface area (Å²) in [5.74, 6) is -6.73. The molecule has 0 aromatic carbocycles. The molecule has 1 saturated heterocycles. The Hall–Kier alpha value is -1.95. The van der Waals surface area contributed by atoms with E-state index < -0.39 is 47.5 Å². The van der Waals surface area contributed by atoms with Crippen LogP contribution >= 0.6 is 0 Å². The summed E-state index contributed by atoms with van der Waals surface area (Å²) in [5.41, 5.74) is -2.46. The standard InChI is InChI=1S/C24H30F9N3/c1-4-15-11-17(21(25,23(28,29)30)22(26,27)24(31,32)33)12-20(2,14-34)19(15)36-10-5-7-16(13-36)18-8-6-9-35(18)3/h5,7,11-13,18-19H,4,6,8-10,14,34H2,1-3H3. The first-order valence-electron chi connectivity index (χ1n) is 11.6. The molecule has 0 saturated carbocycles. The third-order valence-corrected chi connectivity index (χ3v) is 7.41. The van der Waals surface area contributed by atoms with Gasteiger partial charge in [0.15, 0.2) is 0 Å². The Labute approximate surface area is 204 Å². The Morgan fingerprint density at radius 2 is 1.69 bits per heavy atom. The van der Waals surface area contributed by atoms with Crippen LogP contribution in [0.1, 0.15) is 33.1 Å². The SMILES string of the molecule is CCC1=CC(C(F)(C(F)(F)F)C(F)(F)C(F)(F)F)=CC(C)(CN)C1N1C=C(C2CCCN2C)C=CC1. The maximum Gasteiger partial charge on any atom is 0.457 e. The molecule has 12 heteroatoms. The zero-order chi connectivity index (χ0) is 27.3. The van der Waals surface area contributed by atoms with Crippen molar-refractivity contribution in [2.75, 3.05) is 26.7 Å². The molecule has 0 spiro atoms. The fourth-order valence-electron chi connectivity index (χ4n) is 5.46. The van der Waals surface area contributed by atoms with Crippen LogP contribution in [0, 0.1) is 5.41 Å². The third-order valence-electron chi connectivity index (χ3n) is 7.41. The topological polar surface area (TPSA) is 32.5 Å². The molecule has 0 bridgehead atoms. The molecule has 4 atom stereocenters. The van der Waals surface area contributed by atoms with Crippen molar-refractivity contribution in [3.63, 3.8) is 0 Å². The highest BCUT2D eigenvalue weighted by Gasteiger charge is 2.82. The van der Waals surface area contributed by atoms with Crippen molar-refractivity contribution >= 4 is 0 Å². The van der Waals surface area contributed by atoms with Gasteiger partial charge >= 0.3 is 23.9 Å². The van der Waals surface area contributed by atoms with Gasteiger partial charge in [-0.2, -0.15) is 35.1 Å². The van der Waals surface area contributed by atoms with Crippen LogP contribution in [-0.4, -0.2) is 72.5 Å². The lowest BCUT2D eigenvalue weighted by atomic mass is 9.68. The van der Waals surface area contributed by atoms with Crippen molar-refractivity contribution in [1.29, 1.82) is 0 Å². The molecular formula is C24H30F9N3. The number of allylic oxidation sites excluding steroid dienone is 2. The lowest BCUT2D eigenvalue weighted by molar-refractivity contribution is -0.371. The van der Waals surface area contributed by atoms with Crippen LogP contribution < -0.4 is 5.73 Å². The lowest BCUT2D eigenvalue weighted by Gasteiger charge is -2.48. The van der Waals surface area contributed by atoms with E-state index in [9.17, 15) is 35.1 Å². The molecule has 1 aliphatic carbocycles. The molecule has 36 heavy (non-hydrogen) atoms. The number of nitrogens with two attached hydrogens (primary N) is 1. The molecule has 204 valence electrons. The summed E-state index contributed by atoms with van der Waals surface area (Å²) >= 11 is 0. The predicted molar refractivity (Wildman–Crippen MR) is 118 cm³/mol. The van der Waals surface area contributed by atoms with Gasteiger partial charge in [0.2, 0.25) is 0 Å². The number of rotatable bonds is 6. The normalized spacial score (nSPS) is 30.1. The molecule has 3 aliphatic rings. The number of hydrogen-bond donors (Lipinski definition) is 1. The van der Waals surface area contributed by atoms with Crippen LogP contribution in [0.25, 0.3) is 0 Å². The Morgan fingerprint density at radius 1 is 1.06 bits per heavy atom. The molecule has 4 unspecified atom stereocenters. The quantitative estimate of drug-likeness (QED) is 0.433. The number of hydrogen-bond acceptors (Lipinski definition) is 3. The van der Waals surface area contributed by atoms with Crippen molar-refractivity contribution < 1.29 is 39.5 Å². The average molecular weight is 532 g/mol. The molecule has 2 heterocycles. The Morgan fingerprint density at radius 3 is 2.17 bits per heavy atom. The monoisotopic (exact) mass is 531 g/mol. The second-order valence-corrected chi connectivity index (χ2v) is 9.88. The van der Waals surface area contributed by atoms with E-state index in [0.29, 0.717) is 18.7 Å². The van der Waals surface area contributed by atoms with Crippen LogP contribution in [0.4, 0.5) is 39.5 Å². The molecule has 3 rings (SSSR count). The molecule has 0 amide bonds. The molecule has 0 radical (unpaired) electrons. The van der Waals surface area contributed by atoms with Gasteiger partial charge in [-0.05, 0) is 44.0 Å². The highest BCUT2D eigenvalue weighted by Crippen LogP contribution is 2.58. The third kappa shape index (κ3) is 4.48. The summed E-state index contributed by atoms with van der Waals surface area (Å²) in [6, 6.07) is -0.675. The van der Waals surface area contributed by atoms with Gasteiger partial charge in [-0.3, -0.25) is 4.90 Å². The van der Waals surface area contributed by atoms with Crippen molar-refractivity contribution in [2.45, 2.75) is 69.1 Å². The second-order valence-electron chi connectivity index (χ2n) is 9.88. The van der Waals surface area contributed by atoms with Crippen molar-refractivity contribution in [1.82, 2.24) is 9.80 Å². The summed E-state index contributed by atoms with van der Waals surface area (Å²) in [4.78, 5) is 3.93. The van der Waals surface area contributed by atoms with Crippen molar-refractivity contribution in [3.8, 4) is 0 Å². The zero-order valence-corrected chi connectivity index (χ0v) is 20.2. The molecule has 1 fully saturated rings. The Kier molecular flexibility index (Phi) is 7.48. The first-order chi connectivity index (χ1) is 16.4. The van der Waals surface area contributed by atoms with E-state index >= 15 is 4.39 Å². The summed E-state index contributed by atoms with van der Waals surface area (Å²) in [6.45, 7) is 3.63. The smallest absolute Gasteiger partial charge is 0.366 e. The average Bonchev–Trinajstić information content (AvgIpc) is 3.22. The highest BCUT2D eigenvalue weighted by atomic mass is 19.4. The van der Waals surface area contributed by atoms with Gasteiger partial charge in [0.25, 0.3) is 0 Å². The van der Waals surface area contributed by atoms with Crippen LogP contribution in [0.3, 0.4) is 0 Å². The van der Waals surface area contributed by atoms with Gasteiger partial charge in [0.05, 0.1) is 6.04 Å². The predicted octanol–water partition coefficient (Wildman–Crippen LogP) is 5.91. The van der Waals surface area contributed by atoms with Gasteiger partial charge < -0.3 is 10.6 Å². The summed E-state index contributed by atoms with van der Waals surface area (Å²) in [7, 11) is 1.96. The molecule has 2 aliphatic heterocycles. The molecular weight excluding hydrogens is 501 g/mol. The van der Waals surface area contributed by atoms with E-state index in [0.717, 1.165) is 25.0 Å². The van der Waals surface area contributed by atoms with E-state index in [1.54, 1.807) is 4.90 Å². The van der Waals surface area contributed by atoms with Crippen LogP contribution in [0.2, 0.25) is 0 Å². The fraction of sp³-hybridized carbons (Fsp3) is 0.667. The first-order valence-corrected chi connectivity index (χ1v) is 11.6. The highest BCUT2D eigenvalue weighted by molar-refractivity contribution is 5.46. The van der Waals surface area contributed by atoms with E-state index in [4.69, 9.17) is 5.73 Å². The van der Waals surface area contributed by atoms with Gasteiger partial charge in [-0.25, -0.2) is 4.39 Å². The number of alkyl halides is 9. The Bertz CT molecular complexity index is 963. The summed E-state index contributed by atoms with van der Waals surface area (Å²) in [6.07, 6.45) is -4.87. The molecule has 0 aromatic heterocycles. The van der Waals surface area contributed by atoms with E-state index in [-0.39, 0.29) is 18.0 Å². The number of halogens is 9. The minimum atomic E-state index is -6.78. The van der Waals surface area contributed by atoms with Gasteiger partial charge in [0, 0.05) is 36.3 Å². The summed E-state index contributed by atoms with van der Waals surface area (Å²) < 4.78 is 124. The number of likely N-dealkylation sites (tertiary alicyclic amines) is 1. The lowest BCUT2D eigenvalue weighted by Crippen LogP contribution is -2.64. The van der Waals surface area contributed by atoms with Crippen molar-refractivity contribution in [2.24, 2.45) is 11.1 Å². The minimum absolute atomic E-state index is 0.0180. The fourth-order valence-corrected chi connectivity index (χ4v) is 5.46. The maximum absolute atomic E-state index is 15.3. The number of likely N-dealkylation sites (N-methyl/N-ethyl adjacent to an activating group) is 1. The maximum atomic E-state index is 15.3. The molecule has 0 aromatic rings. The van der Waals surface area contributed by atoms with E-state index in [2.05, 4.69) is 4.90 Å². The van der Waals surface area contributed by atoms with Gasteiger partial charge in [0.1, 0.15) is 0 Å². The summed E-state index contributed by atoms with van der Waals surface area (Å²) in [5, 5.41) is 0. The van der Waals surface area contributed by atoms with Gasteiger partial charge in [-0.15, -0.1) is 0 Å². The first kappa shape index (κ1) is 28.6. The largest absolute Gasteiger partial charge is 0.457 e. The van der Waals surface area contributed by atoms with E-state index in [1.165, 1.54) is 13.8 Å². The van der Waals surface area contributed by atoms with Crippen LogP contribution in [0.5, 0.6) is 0 Å². The molecule has 2 N–H and O–H groups in total. The molecule has 3 nitrogen and oxygen atoms in total. The van der Waals surface area contributed by atoms with E-state index in [1.807, 2.05) is 25.4 Å². The van der Waals surface area contributed by atoms with Crippen molar-refractivity contribution in [3.05, 3.63) is 47.2 Å². The zero-order valence-electron chi connectivity index (χ0n) is 20.2. The Balaban J connectivity index is 2.14. The van der Waals surface area contributed by atoms with Gasteiger partial charge in [-0.1, -0.05) is 38.2 Å². The number of nitrogens with zero attached hydrogens (tertiary/aromatic N) is 2.